The second-order valence-corrected chi connectivity index (χ2v) is 4.20. The average Bonchev–Trinajstić information content (AvgIpc) is 2.62. The normalized spacial score (nSPS) is 38.9. The van der Waals surface area contributed by atoms with Gasteiger partial charge in [0, 0.05) is 0 Å². The summed E-state index contributed by atoms with van der Waals surface area (Å²) in [5.41, 5.74) is 0.769. The summed E-state index contributed by atoms with van der Waals surface area (Å²) in [7, 11) is 0. The summed E-state index contributed by atoms with van der Waals surface area (Å²) < 4.78 is 10.6. The largest absolute Gasteiger partial charge is 0.466 e. The fraction of sp³-hybridized carbons (Fsp3) is 0.727. The molecule has 78 valence electrons. The lowest BCUT2D eigenvalue weighted by atomic mass is 9.91. The zero-order valence-corrected chi connectivity index (χ0v) is 8.92. The molecular formula is C11H16O3. The third kappa shape index (κ3) is 1.12. The van der Waals surface area contributed by atoms with Gasteiger partial charge in [-0.3, -0.25) is 4.79 Å². The van der Waals surface area contributed by atoms with Crippen LogP contribution in [0.15, 0.2) is 11.6 Å². The first-order valence-corrected chi connectivity index (χ1v) is 5.07. The van der Waals surface area contributed by atoms with Crippen LogP contribution in [0.3, 0.4) is 0 Å². The first-order chi connectivity index (χ1) is 6.54. The number of carbonyl (C=O) groups excluding carboxylic acids is 1. The molecule has 0 aromatic carbocycles. The molecule has 1 saturated heterocycles. The lowest BCUT2D eigenvalue weighted by molar-refractivity contribution is -0.144. The number of carbonyl (C=O) groups is 1. The zero-order valence-electron chi connectivity index (χ0n) is 8.92. The molecule has 1 fully saturated rings. The van der Waals surface area contributed by atoms with Gasteiger partial charge in [-0.15, -0.1) is 0 Å². The Hall–Kier alpha value is -0.830. The minimum absolute atomic E-state index is 0.153. The quantitative estimate of drug-likeness (QED) is 0.392. The average molecular weight is 196 g/mol. The Morgan fingerprint density at radius 3 is 2.86 bits per heavy atom. The lowest BCUT2D eigenvalue weighted by Crippen LogP contribution is -2.24. The number of esters is 1. The summed E-state index contributed by atoms with van der Waals surface area (Å²) >= 11 is 0. The van der Waals surface area contributed by atoms with Crippen molar-refractivity contribution >= 4 is 5.97 Å². The van der Waals surface area contributed by atoms with Gasteiger partial charge in [0.05, 0.1) is 13.0 Å². The molecule has 3 nitrogen and oxygen atoms in total. The molecule has 0 saturated carbocycles. The van der Waals surface area contributed by atoms with Crippen molar-refractivity contribution in [3.05, 3.63) is 11.6 Å². The van der Waals surface area contributed by atoms with Gasteiger partial charge in [-0.2, -0.15) is 0 Å². The second-order valence-electron chi connectivity index (χ2n) is 4.20. The van der Waals surface area contributed by atoms with Gasteiger partial charge >= 0.3 is 5.97 Å². The Morgan fingerprint density at radius 1 is 1.71 bits per heavy atom. The molecular weight excluding hydrogens is 180 g/mol. The van der Waals surface area contributed by atoms with Crippen molar-refractivity contribution in [3.63, 3.8) is 0 Å². The van der Waals surface area contributed by atoms with E-state index >= 15 is 0 Å². The highest BCUT2D eigenvalue weighted by molar-refractivity contribution is 5.72. The van der Waals surface area contributed by atoms with Crippen LogP contribution < -0.4 is 0 Å². The maximum Gasteiger partial charge on any atom is 0.308 e. The highest BCUT2D eigenvalue weighted by Gasteiger charge is 2.70. The van der Waals surface area contributed by atoms with E-state index in [0.717, 1.165) is 6.42 Å². The van der Waals surface area contributed by atoms with Gasteiger partial charge in [0.2, 0.25) is 0 Å². The van der Waals surface area contributed by atoms with Crippen LogP contribution in [0, 0.1) is 0 Å². The first kappa shape index (κ1) is 9.71. The molecule has 1 heterocycles. The highest BCUT2D eigenvalue weighted by atomic mass is 16.6. The van der Waals surface area contributed by atoms with Crippen LogP contribution in [0.25, 0.3) is 0 Å². The van der Waals surface area contributed by atoms with E-state index in [4.69, 9.17) is 9.47 Å². The number of fused-ring (bicyclic) bond motifs is 1. The first-order valence-electron chi connectivity index (χ1n) is 5.07. The van der Waals surface area contributed by atoms with Crippen LogP contribution >= 0.6 is 0 Å². The monoisotopic (exact) mass is 196 g/mol. The molecule has 14 heavy (non-hydrogen) atoms. The van der Waals surface area contributed by atoms with Crippen molar-refractivity contribution in [3.8, 4) is 0 Å². The highest BCUT2D eigenvalue weighted by Crippen LogP contribution is 2.61. The number of ether oxygens (including phenoxy) is 2. The minimum atomic E-state index is -0.274. The predicted molar refractivity (Wildman–Crippen MR) is 51.8 cm³/mol. The molecule has 2 unspecified atom stereocenters. The van der Waals surface area contributed by atoms with Crippen molar-refractivity contribution in [2.24, 2.45) is 0 Å². The van der Waals surface area contributed by atoms with Gasteiger partial charge in [-0.25, -0.2) is 0 Å². The summed E-state index contributed by atoms with van der Waals surface area (Å²) in [6.07, 6.45) is 3.38. The van der Waals surface area contributed by atoms with Crippen LogP contribution in [-0.2, 0) is 14.3 Å². The van der Waals surface area contributed by atoms with Gasteiger partial charge < -0.3 is 9.47 Å². The molecule has 1 aliphatic heterocycles. The van der Waals surface area contributed by atoms with Crippen molar-refractivity contribution in [1.82, 2.24) is 0 Å². The van der Waals surface area contributed by atoms with Gasteiger partial charge in [0.15, 0.2) is 0 Å². The minimum Gasteiger partial charge on any atom is -0.466 e. The third-order valence-electron chi connectivity index (χ3n) is 3.45. The van der Waals surface area contributed by atoms with E-state index in [0.29, 0.717) is 13.0 Å². The molecule has 0 aromatic heterocycles. The van der Waals surface area contributed by atoms with E-state index in [9.17, 15) is 4.79 Å². The summed E-state index contributed by atoms with van der Waals surface area (Å²) in [4.78, 5) is 11.4. The predicted octanol–water partition coefficient (Wildman–Crippen LogP) is 1.82. The standard InChI is InChI=1S/C11H16O3/c1-4-13-9(12)7-11-6-5-8(2)10(11,3)14-11/h5H,4,6-7H2,1-3H3. The number of epoxide rings is 1. The van der Waals surface area contributed by atoms with Crippen LogP contribution in [-0.4, -0.2) is 23.8 Å². The smallest absolute Gasteiger partial charge is 0.308 e. The van der Waals surface area contributed by atoms with Gasteiger partial charge in [0.25, 0.3) is 0 Å². The molecule has 2 atom stereocenters. The summed E-state index contributed by atoms with van der Waals surface area (Å²) in [6.45, 7) is 6.36. The SMILES string of the molecule is CCOC(=O)CC12CC=C(C)C1(C)O2. The van der Waals surface area contributed by atoms with Crippen LogP contribution in [0.5, 0.6) is 0 Å². The van der Waals surface area contributed by atoms with Crippen molar-refractivity contribution in [2.45, 2.75) is 44.8 Å². The molecule has 0 N–H and O–H groups in total. The van der Waals surface area contributed by atoms with Crippen molar-refractivity contribution in [2.75, 3.05) is 6.61 Å². The van der Waals surface area contributed by atoms with E-state index in [1.807, 2.05) is 13.8 Å². The van der Waals surface area contributed by atoms with Crippen LogP contribution in [0.2, 0.25) is 0 Å². The molecule has 1 aliphatic carbocycles. The topological polar surface area (TPSA) is 38.8 Å². The Labute approximate surface area is 84.1 Å². The molecule has 3 heteroatoms. The van der Waals surface area contributed by atoms with Crippen molar-refractivity contribution in [1.29, 1.82) is 0 Å². The molecule has 0 radical (unpaired) electrons. The maximum absolute atomic E-state index is 11.4. The van der Waals surface area contributed by atoms with Crippen molar-refractivity contribution < 1.29 is 14.3 Å². The number of rotatable bonds is 3. The number of hydrogen-bond donors (Lipinski definition) is 0. The van der Waals surface area contributed by atoms with E-state index in [1.54, 1.807) is 0 Å². The fourth-order valence-corrected chi connectivity index (χ4v) is 2.28. The molecule has 2 aliphatic rings. The van der Waals surface area contributed by atoms with E-state index in [2.05, 4.69) is 13.0 Å². The van der Waals surface area contributed by atoms with Crippen LogP contribution in [0.4, 0.5) is 0 Å². The molecule has 0 amide bonds. The van der Waals surface area contributed by atoms with Crippen LogP contribution in [0.1, 0.15) is 33.6 Å². The van der Waals surface area contributed by atoms with Gasteiger partial charge in [-0.05, 0) is 32.8 Å². The zero-order chi connectivity index (χ0) is 10.4. The second kappa shape index (κ2) is 2.83. The summed E-state index contributed by atoms with van der Waals surface area (Å²) in [6, 6.07) is 0. The maximum atomic E-state index is 11.4. The van der Waals surface area contributed by atoms with Gasteiger partial charge in [-0.1, -0.05) is 6.08 Å². The third-order valence-corrected chi connectivity index (χ3v) is 3.45. The Bertz CT molecular complexity index is 308. The lowest BCUT2D eigenvalue weighted by Gasteiger charge is -2.08. The molecule has 2 rings (SSSR count). The molecule has 0 bridgehead atoms. The fourth-order valence-electron chi connectivity index (χ4n) is 2.28. The summed E-state index contributed by atoms with van der Waals surface area (Å²) in [5.74, 6) is -0.153. The Morgan fingerprint density at radius 2 is 2.43 bits per heavy atom. The Kier molecular flexibility index (Phi) is 1.96. The van der Waals surface area contributed by atoms with E-state index in [1.165, 1.54) is 5.57 Å². The Balaban J connectivity index is 2.00. The number of hydrogen-bond acceptors (Lipinski definition) is 3. The van der Waals surface area contributed by atoms with Gasteiger partial charge in [0.1, 0.15) is 11.2 Å². The summed E-state index contributed by atoms with van der Waals surface area (Å²) in [5, 5.41) is 0. The molecule has 0 aromatic rings. The van der Waals surface area contributed by atoms with E-state index < -0.39 is 0 Å². The van der Waals surface area contributed by atoms with E-state index in [-0.39, 0.29) is 17.2 Å². The molecule has 0 spiro atoms.